The summed E-state index contributed by atoms with van der Waals surface area (Å²) in [7, 11) is 4.41. The van der Waals surface area contributed by atoms with Crippen molar-refractivity contribution in [1.82, 2.24) is 0 Å². The fraction of sp³-hybridized carbons (Fsp3) is 0.261. The number of carbonyl (C=O) groups excluding carboxylic acids is 3. The number of fused-ring (bicyclic) bond motifs is 5. The topological polar surface area (TPSA) is 117 Å². The van der Waals surface area contributed by atoms with Crippen LogP contribution in [0.15, 0.2) is 47.0 Å². The normalized spacial score (nSPS) is 23.5. The lowest BCUT2D eigenvalue weighted by Crippen LogP contribution is -2.39. The predicted molar refractivity (Wildman–Crippen MR) is 119 cm³/mol. The SMILES string of the molecule is COc1ccc(OC)c(N2C(=O)[C@@H]3[C@@H](SC(N)=C4C(=O)Oc5c(OC)cccc5[C@H]43)C2=O)c1. The molecule has 0 aromatic heterocycles. The quantitative estimate of drug-likeness (QED) is 0.409. The highest BCUT2D eigenvalue weighted by Crippen LogP contribution is 2.56. The Balaban J connectivity index is 1.67. The third-order valence-electron chi connectivity index (χ3n) is 6.09. The Bertz CT molecular complexity index is 1240. The second-order valence-corrected chi connectivity index (χ2v) is 8.82. The molecule has 1 saturated heterocycles. The summed E-state index contributed by atoms with van der Waals surface area (Å²) in [5.74, 6) is -1.77. The number of hydrogen-bond donors (Lipinski definition) is 1. The zero-order valence-electron chi connectivity index (χ0n) is 18.0. The van der Waals surface area contributed by atoms with Gasteiger partial charge in [-0.15, -0.1) is 0 Å². The first kappa shape index (κ1) is 21.2. The first-order valence-electron chi connectivity index (χ1n) is 10.1. The maximum atomic E-state index is 13.8. The molecule has 5 rings (SSSR count). The van der Waals surface area contributed by atoms with Crippen LogP contribution in [0.3, 0.4) is 0 Å². The molecule has 9 nitrogen and oxygen atoms in total. The molecule has 3 aliphatic heterocycles. The minimum Gasteiger partial charge on any atom is -0.497 e. The van der Waals surface area contributed by atoms with Crippen LogP contribution in [0.5, 0.6) is 23.0 Å². The Morgan fingerprint density at radius 2 is 1.73 bits per heavy atom. The Morgan fingerprint density at radius 3 is 2.42 bits per heavy atom. The molecule has 3 aliphatic rings. The molecule has 170 valence electrons. The van der Waals surface area contributed by atoms with Gasteiger partial charge >= 0.3 is 5.97 Å². The number of methoxy groups -OCH3 is 3. The minimum atomic E-state index is -0.862. The summed E-state index contributed by atoms with van der Waals surface area (Å²) in [6.45, 7) is 0. The van der Waals surface area contributed by atoms with Gasteiger partial charge in [0.25, 0.3) is 0 Å². The zero-order valence-corrected chi connectivity index (χ0v) is 18.8. The van der Waals surface area contributed by atoms with E-state index >= 15 is 0 Å². The summed E-state index contributed by atoms with van der Waals surface area (Å²) in [6, 6.07) is 10.0. The molecule has 0 radical (unpaired) electrons. The third kappa shape index (κ3) is 2.97. The average molecular weight is 468 g/mol. The van der Waals surface area contributed by atoms with E-state index < -0.39 is 34.9 Å². The fourth-order valence-electron chi connectivity index (χ4n) is 4.62. The van der Waals surface area contributed by atoms with Gasteiger partial charge in [-0.25, -0.2) is 9.69 Å². The predicted octanol–water partition coefficient (Wildman–Crippen LogP) is 2.19. The van der Waals surface area contributed by atoms with Crippen LogP contribution >= 0.6 is 11.8 Å². The molecule has 2 aromatic carbocycles. The van der Waals surface area contributed by atoms with Crippen LogP contribution in [0.25, 0.3) is 0 Å². The van der Waals surface area contributed by atoms with Gasteiger partial charge in [-0.2, -0.15) is 0 Å². The van der Waals surface area contributed by atoms with Gasteiger partial charge in [0.05, 0.1) is 43.5 Å². The standard InChI is InChI=1S/C23H20N2O7S/c1-29-10-7-8-13(30-2)12(9-10)25-21(26)16-15-11-5-4-6-14(31-3)18(11)32-23(28)17(15)20(24)33-19(16)22(25)27/h4-9,15-16,19H,24H2,1-3H3/t15-,16-,19+/m0/s1. The second-order valence-electron chi connectivity index (χ2n) is 7.64. The molecule has 0 unspecified atom stereocenters. The number of para-hydroxylation sites is 1. The van der Waals surface area contributed by atoms with Crippen LogP contribution in [-0.4, -0.2) is 44.4 Å². The van der Waals surface area contributed by atoms with Gasteiger partial charge in [0.15, 0.2) is 11.5 Å². The van der Waals surface area contributed by atoms with E-state index in [-0.39, 0.29) is 22.0 Å². The third-order valence-corrected chi connectivity index (χ3v) is 7.31. The summed E-state index contributed by atoms with van der Waals surface area (Å²) in [5, 5.41) is -0.646. The molecule has 0 aliphatic carbocycles. The highest BCUT2D eigenvalue weighted by atomic mass is 32.2. The number of carbonyl (C=O) groups is 3. The number of esters is 1. The van der Waals surface area contributed by atoms with Crippen molar-refractivity contribution in [1.29, 1.82) is 0 Å². The lowest BCUT2D eigenvalue weighted by Gasteiger charge is -2.36. The van der Waals surface area contributed by atoms with Gasteiger partial charge in [-0.1, -0.05) is 23.9 Å². The number of hydrogen-bond acceptors (Lipinski definition) is 9. The first-order valence-corrected chi connectivity index (χ1v) is 10.9. The van der Waals surface area contributed by atoms with Crippen molar-refractivity contribution in [2.75, 3.05) is 26.2 Å². The smallest absolute Gasteiger partial charge is 0.342 e. The van der Waals surface area contributed by atoms with Gasteiger partial charge in [0.2, 0.25) is 11.8 Å². The number of amides is 2. The molecule has 10 heteroatoms. The fourth-order valence-corrected chi connectivity index (χ4v) is 5.86. The van der Waals surface area contributed by atoms with Crippen LogP contribution in [0.4, 0.5) is 5.69 Å². The molecular formula is C23H20N2O7S. The molecule has 2 aromatic rings. The summed E-state index contributed by atoms with van der Waals surface area (Å²) >= 11 is 1.01. The first-order chi connectivity index (χ1) is 15.9. The monoisotopic (exact) mass is 468 g/mol. The van der Waals surface area contributed by atoms with Gasteiger partial charge < -0.3 is 24.7 Å². The molecule has 2 N–H and O–H groups in total. The Labute approximate surface area is 193 Å². The lowest BCUT2D eigenvalue weighted by molar-refractivity contribution is -0.132. The Hall–Kier alpha value is -3.66. The number of ether oxygens (including phenoxy) is 4. The number of anilines is 1. The van der Waals surface area contributed by atoms with Gasteiger partial charge in [-0.05, 0) is 18.2 Å². The summed E-state index contributed by atoms with van der Waals surface area (Å²) in [4.78, 5) is 41.3. The van der Waals surface area contributed by atoms with Crippen molar-refractivity contribution in [2.45, 2.75) is 11.2 Å². The summed E-state index contributed by atoms with van der Waals surface area (Å²) in [6.07, 6.45) is 0. The molecule has 3 atom stereocenters. The van der Waals surface area contributed by atoms with Crippen molar-refractivity contribution in [2.24, 2.45) is 11.7 Å². The number of imide groups is 1. The van der Waals surface area contributed by atoms with E-state index in [2.05, 4.69) is 0 Å². The molecule has 33 heavy (non-hydrogen) atoms. The highest BCUT2D eigenvalue weighted by molar-refractivity contribution is 8.04. The maximum Gasteiger partial charge on any atom is 0.342 e. The van der Waals surface area contributed by atoms with E-state index in [1.807, 2.05) is 0 Å². The summed E-state index contributed by atoms with van der Waals surface area (Å²) < 4.78 is 21.6. The van der Waals surface area contributed by atoms with E-state index in [0.29, 0.717) is 22.8 Å². The van der Waals surface area contributed by atoms with Crippen molar-refractivity contribution in [3.05, 3.63) is 52.6 Å². The minimum absolute atomic E-state index is 0.167. The van der Waals surface area contributed by atoms with E-state index in [1.54, 1.807) is 36.4 Å². The Kier molecular flexibility index (Phi) is 4.97. The van der Waals surface area contributed by atoms with E-state index in [0.717, 1.165) is 16.7 Å². The molecule has 0 spiro atoms. The largest absolute Gasteiger partial charge is 0.497 e. The molecular weight excluding hydrogens is 448 g/mol. The number of benzene rings is 2. The molecule has 0 bridgehead atoms. The number of nitrogens with zero attached hydrogens (tertiary/aromatic N) is 1. The van der Waals surface area contributed by atoms with Gasteiger partial charge in [-0.3, -0.25) is 9.59 Å². The van der Waals surface area contributed by atoms with E-state index in [4.69, 9.17) is 24.7 Å². The van der Waals surface area contributed by atoms with Gasteiger partial charge in [0.1, 0.15) is 16.7 Å². The van der Waals surface area contributed by atoms with E-state index in [1.165, 1.54) is 21.3 Å². The van der Waals surface area contributed by atoms with Crippen LogP contribution in [-0.2, 0) is 14.4 Å². The van der Waals surface area contributed by atoms with Gasteiger partial charge in [0, 0.05) is 17.5 Å². The maximum absolute atomic E-state index is 13.8. The molecule has 2 amide bonds. The lowest BCUT2D eigenvalue weighted by atomic mass is 9.77. The molecule has 0 saturated carbocycles. The van der Waals surface area contributed by atoms with Crippen molar-refractivity contribution in [3.8, 4) is 23.0 Å². The van der Waals surface area contributed by atoms with Crippen molar-refractivity contribution >= 4 is 35.2 Å². The number of thioether (sulfide) groups is 1. The Morgan fingerprint density at radius 1 is 0.970 bits per heavy atom. The van der Waals surface area contributed by atoms with E-state index in [9.17, 15) is 14.4 Å². The average Bonchev–Trinajstić information content (AvgIpc) is 3.07. The summed E-state index contributed by atoms with van der Waals surface area (Å²) in [5.41, 5.74) is 7.27. The van der Waals surface area contributed by atoms with Crippen LogP contribution in [0, 0.1) is 5.92 Å². The molecule has 3 heterocycles. The number of rotatable bonds is 4. The van der Waals surface area contributed by atoms with Crippen LogP contribution < -0.4 is 29.6 Å². The van der Waals surface area contributed by atoms with Crippen molar-refractivity contribution in [3.63, 3.8) is 0 Å². The van der Waals surface area contributed by atoms with Crippen LogP contribution in [0.2, 0.25) is 0 Å². The zero-order chi connectivity index (χ0) is 23.4. The number of nitrogens with two attached hydrogens (primary N) is 1. The van der Waals surface area contributed by atoms with Crippen LogP contribution in [0.1, 0.15) is 11.5 Å². The van der Waals surface area contributed by atoms with Crippen molar-refractivity contribution < 1.29 is 33.3 Å². The molecule has 1 fully saturated rings. The second kappa shape index (κ2) is 7.73. The highest BCUT2D eigenvalue weighted by Gasteiger charge is 2.59.